The highest BCUT2D eigenvalue weighted by molar-refractivity contribution is 6.27. The first-order valence-corrected chi connectivity index (χ1v) is 5.72. The van der Waals surface area contributed by atoms with Crippen molar-refractivity contribution >= 4 is 17.5 Å². The molecular weight excluding hydrogens is 226 g/mol. The van der Waals surface area contributed by atoms with Gasteiger partial charge in [-0.1, -0.05) is 30.3 Å². The Morgan fingerprint density at radius 1 is 1.44 bits per heavy atom. The van der Waals surface area contributed by atoms with Gasteiger partial charge in [-0.2, -0.15) is 0 Å². The summed E-state index contributed by atoms with van der Waals surface area (Å²) in [5, 5.41) is 9.09. The molecule has 1 N–H and O–H groups in total. The van der Waals surface area contributed by atoms with E-state index in [1.54, 1.807) is 11.8 Å². The summed E-state index contributed by atoms with van der Waals surface area (Å²) < 4.78 is 0. The third kappa shape index (κ3) is 3.51. The van der Waals surface area contributed by atoms with Crippen LogP contribution >= 0.6 is 11.6 Å². The van der Waals surface area contributed by atoms with Crippen LogP contribution in [-0.4, -0.2) is 34.4 Å². The number of halogens is 1. The molecule has 1 amide bonds. The number of hydrogen-bond donors (Lipinski definition) is 1. The largest absolute Gasteiger partial charge is 0.394 e. The minimum Gasteiger partial charge on any atom is -0.394 e. The second-order valence-electron chi connectivity index (χ2n) is 3.67. The molecule has 0 aliphatic rings. The van der Waals surface area contributed by atoms with Crippen molar-refractivity contribution in [2.75, 3.05) is 12.5 Å². The number of carbonyl (C=O) groups excluding carboxylic acids is 1. The maximum Gasteiger partial charge on any atom is 0.238 e. The Balaban J connectivity index is 2.75. The summed E-state index contributed by atoms with van der Waals surface area (Å²) in [7, 11) is 0. The fourth-order valence-corrected chi connectivity index (χ4v) is 1.60. The van der Waals surface area contributed by atoms with Gasteiger partial charge in [-0.25, -0.2) is 0 Å². The number of hydrogen-bond acceptors (Lipinski definition) is 2. The van der Waals surface area contributed by atoms with Gasteiger partial charge in [0.1, 0.15) is 5.88 Å². The Bertz CT molecular complexity index is 329. The lowest BCUT2D eigenvalue weighted by Crippen LogP contribution is -2.40. The van der Waals surface area contributed by atoms with Gasteiger partial charge in [0, 0.05) is 6.54 Å². The van der Waals surface area contributed by atoms with Crippen molar-refractivity contribution in [1.29, 1.82) is 0 Å². The molecular formula is C12H16ClNO2. The summed E-state index contributed by atoms with van der Waals surface area (Å²) in [6, 6.07) is 9.43. The summed E-state index contributed by atoms with van der Waals surface area (Å²) in [5.41, 5.74) is 1.03. The first-order chi connectivity index (χ1) is 7.69. The first kappa shape index (κ1) is 13.0. The van der Waals surface area contributed by atoms with E-state index in [1.165, 1.54) is 0 Å². The average Bonchev–Trinajstić information content (AvgIpc) is 2.35. The zero-order valence-corrected chi connectivity index (χ0v) is 10.0. The van der Waals surface area contributed by atoms with Crippen LogP contribution in [0.2, 0.25) is 0 Å². The van der Waals surface area contributed by atoms with Crippen LogP contribution < -0.4 is 0 Å². The van der Waals surface area contributed by atoms with Crippen molar-refractivity contribution in [3.05, 3.63) is 35.9 Å². The molecule has 16 heavy (non-hydrogen) atoms. The summed E-state index contributed by atoms with van der Waals surface area (Å²) in [6.07, 6.45) is 0. The van der Waals surface area contributed by atoms with Crippen LogP contribution in [0.4, 0.5) is 0 Å². The quantitative estimate of drug-likeness (QED) is 0.797. The molecule has 1 aromatic carbocycles. The van der Waals surface area contributed by atoms with Gasteiger partial charge in [0.2, 0.25) is 5.91 Å². The number of carbonyl (C=O) groups is 1. The van der Waals surface area contributed by atoms with Crippen LogP contribution in [0.1, 0.15) is 12.5 Å². The summed E-state index contributed by atoms with van der Waals surface area (Å²) in [5.74, 6) is -0.218. The number of aliphatic hydroxyl groups excluding tert-OH is 1. The minimum atomic E-state index is -0.216. The Morgan fingerprint density at radius 3 is 2.56 bits per heavy atom. The van der Waals surface area contributed by atoms with Crippen LogP contribution in [0.25, 0.3) is 0 Å². The fourth-order valence-electron chi connectivity index (χ4n) is 1.45. The minimum absolute atomic E-state index is 0.0584. The molecule has 0 unspecified atom stereocenters. The van der Waals surface area contributed by atoms with Crippen molar-refractivity contribution in [1.82, 2.24) is 4.90 Å². The van der Waals surface area contributed by atoms with Gasteiger partial charge in [-0.05, 0) is 12.5 Å². The van der Waals surface area contributed by atoms with E-state index in [9.17, 15) is 4.79 Å². The van der Waals surface area contributed by atoms with Gasteiger partial charge in [-0.15, -0.1) is 11.6 Å². The lowest BCUT2D eigenvalue weighted by Gasteiger charge is -2.27. The monoisotopic (exact) mass is 241 g/mol. The fraction of sp³-hybridized carbons (Fsp3) is 0.417. The predicted molar refractivity (Wildman–Crippen MR) is 64.3 cm³/mol. The Kier molecular flexibility index (Phi) is 5.29. The summed E-state index contributed by atoms with van der Waals surface area (Å²) >= 11 is 5.54. The standard InChI is InChI=1S/C12H16ClNO2/c1-10(9-15)14(12(16)7-13)8-11-5-3-2-4-6-11/h2-6,10,15H,7-9H2,1H3/t10-/m0/s1. The molecule has 0 fully saturated rings. The molecule has 0 aromatic heterocycles. The number of alkyl halides is 1. The van der Waals surface area contributed by atoms with Gasteiger partial charge in [0.15, 0.2) is 0 Å². The second kappa shape index (κ2) is 6.51. The number of amides is 1. The van der Waals surface area contributed by atoms with Crippen molar-refractivity contribution in [2.24, 2.45) is 0 Å². The lowest BCUT2D eigenvalue weighted by atomic mass is 10.2. The van der Waals surface area contributed by atoms with E-state index in [2.05, 4.69) is 0 Å². The first-order valence-electron chi connectivity index (χ1n) is 5.19. The van der Waals surface area contributed by atoms with E-state index in [-0.39, 0.29) is 24.4 Å². The molecule has 0 radical (unpaired) electrons. The number of benzene rings is 1. The zero-order valence-electron chi connectivity index (χ0n) is 9.27. The molecule has 0 aliphatic carbocycles. The average molecular weight is 242 g/mol. The lowest BCUT2D eigenvalue weighted by molar-refractivity contribution is -0.132. The van der Waals surface area contributed by atoms with Gasteiger partial charge in [0.05, 0.1) is 12.6 Å². The third-order valence-electron chi connectivity index (χ3n) is 2.43. The normalized spacial score (nSPS) is 12.2. The molecule has 1 aromatic rings. The van der Waals surface area contributed by atoms with E-state index in [0.717, 1.165) is 5.56 Å². The molecule has 0 spiro atoms. The Labute approximate surface area is 101 Å². The molecule has 0 aliphatic heterocycles. The third-order valence-corrected chi connectivity index (χ3v) is 2.66. The van der Waals surface area contributed by atoms with Crippen molar-refractivity contribution < 1.29 is 9.90 Å². The van der Waals surface area contributed by atoms with E-state index in [4.69, 9.17) is 16.7 Å². The van der Waals surface area contributed by atoms with Crippen molar-refractivity contribution in [3.63, 3.8) is 0 Å². The van der Waals surface area contributed by atoms with Crippen LogP contribution in [0.5, 0.6) is 0 Å². The van der Waals surface area contributed by atoms with Crippen molar-refractivity contribution in [3.8, 4) is 0 Å². The topological polar surface area (TPSA) is 40.5 Å². The molecule has 0 saturated carbocycles. The highest BCUT2D eigenvalue weighted by Gasteiger charge is 2.18. The van der Waals surface area contributed by atoms with E-state index in [1.807, 2.05) is 30.3 Å². The van der Waals surface area contributed by atoms with Crippen LogP contribution in [-0.2, 0) is 11.3 Å². The number of aliphatic hydroxyl groups is 1. The molecule has 1 rings (SSSR count). The predicted octanol–water partition coefficient (Wildman–Crippen LogP) is 1.63. The molecule has 4 heteroatoms. The molecule has 0 bridgehead atoms. The molecule has 88 valence electrons. The molecule has 0 heterocycles. The highest BCUT2D eigenvalue weighted by atomic mass is 35.5. The maximum atomic E-state index is 11.6. The zero-order chi connectivity index (χ0) is 12.0. The van der Waals surface area contributed by atoms with E-state index >= 15 is 0 Å². The number of rotatable bonds is 5. The summed E-state index contributed by atoms with van der Waals surface area (Å²) in [6.45, 7) is 2.22. The molecule has 1 atom stereocenters. The van der Waals surface area contributed by atoms with Crippen LogP contribution in [0.15, 0.2) is 30.3 Å². The second-order valence-corrected chi connectivity index (χ2v) is 3.94. The Hall–Kier alpha value is -1.06. The molecule has 0 saturated heterocycles. The van der Waals surface area contributed by atoms with Gasteiger partial charge < -0.3 is 10.0 Å². The number of nitrogens with zero attached hydrogens (tertiary/aromatic N) is 1. The van der Waals surface area contributed by atoms with E-state index in [0.29, 0.717) is 6.54 Å². The summed E-state index contributed by atoms with van der Waals surface area (Å²) in [4.78, 5) is 13.2. The van der Waals surface area contributed by atoms with Gasteiger partial charge >= 0.3 is 0 Å². The van der Waals surface area contributed by atoms with Crippen LogP contribution in [0.3, 0.4) is 0 Å². The van der Waals surface area contributed by atoms with Crippen LogP contribution in [0, 0.1) is 0 Å². The smallest absolute Gasteiger partial charge is 0.238 e. The van der Waals surface area contributed by atoms with E-state index < -0.39 is 0 Å². The SMILES string of the molecule is C[C@@H](CO)N(Cc1ccccc1)C(=O)CCl. The highest BCUT2D eigenvalue weighted by Crippen LogP contribution is 2.09. The Morgan fingerprint density at radius 2 is 2.06 bits per heavy atom. The van der Waals surface area contributed by atoms with Crippen molar-refractivity contribution in [2.45, 2.75) is 19.5 Å². The van der Waals surface area contributed by atoms with Gasteiger partial charge in [-0.3, -0.25) is 4.79 Å². The molecule has 3 nitrogen and oxygen atoms in total. The maximum absolute atomic E-state index is 11.6. The van der Waals surface area contributed by atoms with Gasteiger partial charge in [0.25, 0.3) is 0 Å².